The van der Waals surface area contributed by atoms with Gasteiger partial charge in [-0.2, -0.15) is 0 Å². The summed E-state index contributed by atoms with van der Waals surface area (Å²) in [6, 6.07) is 24.0. The maximum absolute atomic E-state index is 12.0. The first-order valence-corrected chi connectivity index (χ1v) is 9.43. The molecule has 1 aliphatic rings. The lowest BCUT2D eigenvalue weighted by atomic mass is 9.70. The summed E-state index contributed by atoms with van der Waals surface area (Å²) in [4.78, 5) is 24.0. The van der Waals surface area contributed by atoms with E-state index in [0.717, 1.165) is 24.0 Å². The van der Waals surface area contributed by atoms with Crippen LogP contribution in [0.4, 0.5) is 0 Å². The highest BCUT2D eigenvalue weighted by molar-refractivity contribution is 6.06. The van der Waals surface area contributed by atoms with E-state index in [1.807, 2.05) is 36.4 Å². The summed E-state index contributed by atoms with van der Waals surface area (Å²) in [6.45, 7) is 0. The molecule has 28 heavy (non-hydrogen) atoms. The number of hydrogen-bond acceptors (Lipinski definition) is 2. The van der Waals surface area contributed by atoms with Gasteiger partial charge in [0, 0.05) is 11.8 Å². The summed E-state index contributed by atoms with van der Waals surface area (Å²) < 4.78 is 0. The van der Waals surface area contributed by atoms with E-state index in [4.69, 9.17) is 11.5 Å². The molecule has 4 nitrogen and oxygen atoms in total. The van der Waals surface area contributed by atoms with E-state index >= 15 is 0 Å². The molecule has 0 bridgehead atoms. The van der Waals surface area contributed by atoms with Crippen molar-refractivity contribution in [1.29, 1.82) is 0 Å². The highest BCUT2D eigenvalue weighted by Gasteiger charge is 2.31. The second-order valence-corrected chi connectivity index (χ2v) is 7.26. The normalized spacial score (nSPS) is 18.3. The quantitative estimate of drug-likeness (QED) is 0.729. The molecule has 4 rings (SSSR count). The monoisotopic (exact) mass is 370 g/mol. The summed E-state index contributed by atoms with van der Waals surface area (Å²) >= 11 is 0. The van der Waals surface area contributed by atoms with Gasteiger partial charge in [-0.15, -0.1) is 0 Å². The Bertz CT molecular complexity index is 945. The van der Waals surface area contributed by atoms with E-state index in [9.17, 15) is 9.59 Å². The molecule has 140 valence electrons. The third-order valence-corrected chi connectivity index (χ3v) is 5.65. The molecule has 0 heterocycles. The Morgan fingerprint density at radius 1 is 0.643 bits per heavy atom. The summed E-state index contributed by atoms with van der Waals surface area (Å²) in [5.41, 5.74) is 16.0. The molecule has 0 spiro atoms. The van der Waals surface area contributed by atoms with Gasteiger partial charge in [0.1, 0.15) is 0 Å². The van der Waals surface area contributed by atoms with Crippen LogP contribution in [0.25, 0.3) is 0 Å². The summed E-state index contributed by atoms with van der Waals surface area (Å²) in [7, 11) is 0. The molecule has 3 aromatic carbocycles. The molecule has 4 heteroatoms. The minimum absolute atomic E-state index is 0.149. The van der Waals surface area contributed by atoms with Gasteiger partial charge in [0.25, 0.3) is 0 Å². The first-order valence-electron chi connectivity index (χ1n) is 9.43. The van der Waals surface area contributed by atoms with E-state index in [0.29, 0.717) is 0 Å². The van der Waals surface area contributed by atoms with Crippen molar-refractivity contribution < 1.29 is 9.59 Å². The van der Waals surface area contributed by atoms with E-state index in [1.165, 1.54) is 11.1 Å². The van der Waals surface area contributed by atoms with Crippen molar-refractivity contribution in [3.05, 3.63) is 106 Å². The standard InChI is InChI=1S/C24H22N2O2/c25-23(27)21-13-19-17(15-7-3-1-4-8-15)11-12-18(16-9-5-2-6-10-16)20(19)14-22(21)24(26)28/h1-10,13-14,17-18H,11-12H2,(H2,25,27)(H2,26,28). The van der Waals surface area contributed by atoms with Crippen LogP contribution in [0.15, 0.2) is 72.8 Å². The van der Waals surface area contributed by atoms with Gasteiger partial charge in [-0.1, -0.05) is 60.7 Å². The zero-order valence-electron chi connectivity index (χ0n) is 15.5. The van der Waals surface area contributed by atoms with Crippen LogP contribution in [0.2, 0.25) is 0 Å². The van der Waals surface area contributed by atoms with Gasteiger partial charge in [0.15, 0.2) is 0 Å². The van der Waals surface area contributed by atoms with Gasteiger partial charge >= 0.3 is 0 Å². The Labute approximate surface area is 164 Å². The third kappa shape index (κ3) is 3.18. The largest absolute Gasteiger partial charge is 0.366 e. The second-order valence-electron chi connectivity index (χ2n) is 7.26. The molecule has 0 saturated carbocycles. The number of carbonyl (C=O) groups is 2. The predicted octanol–water partition coefficient (Wildman–Crippen LogP) is 3.94. The summed E-state index contributed by atoms with van der Waals surface area (Å²) in [5, 5.41) is 0. The molecule has 2 unspecified atom stereocenters. The van der Waals surface area contributed by atoms with Gasteiger partial charge in [-0.3, -0.25) is 9.59 Å². The predicted molar refractivity (Wildman–Crippen MR) is 109 cm³/mol. The number of benzene rings is 3. The molecule has 2 amide bonds. The maximum atomic E-state index is 12.0. The van der Waals surface area contributed by atoms with Crippen LogP contribution in [0.5, 0.6) is 0 Å². The average Bonchev–Trinajstić information content (AvgIpc) is 2.73. The van der Waals surface area contributed by atoms with Crippen molar-refractivity contribution >= 4 is 11.8 Å². The van der Waals surface area contributed by atoms with Gasteiger partial charge in [0.05, 0.1) is 11.1 Å². The van der Waals surface area contributed by atoms with Gasteiger partial charge < -0.3 is 11.5 Å². The fourth-order valence-corrected chi connectivity index (χ4v) is 4.35. The number of nitrogens with two attached hydrogens (primary N) is 2. The van der Waals surface area contributed by atoms with Crippen molar-refractivity contribution in [2.45, 2.75) is 24.7 Å². The smallest absolute Gasteiger partial charge is 0.249 e. The minimum Gasteiger partial charge on any atom is -0.366 e. The molecule has 0 aliphatic heterocycles. The van der Waals surface area contributed by atoms with Gasteiger partial charge in [-0.05, 0) is 47.2 Å². The first kappa shape index (κ1) is 18.0. The highest BCUT2D eigenvalue weighted by atomic mass is 16.2. The Kier molecular flexibility index (Phi) is 4.70. The lowest BCUT2D eigenvalue weighted by Gasteiger charge is -2.33. The second kappa shape index (κ2) is 7.31. The topological polar surface area (TPSA) is 86.2 Å². The SMILES string of the molecule is NC(=O)c1cc2c(cc1C(N)=O)C(c1ccccc1)CCC2c1ccccc1. The molecule has 0 aromatic heterocycles. The molecule has 3 aromatic rings. The number of hydrogen-bond donors (Lipinski definition) is 2. The molecular weight excluding hydrogens is 348 g/mol. The zero-order valence-corrected chi connectivity index (χ0v) is 15.5. The van der Waals surface area contributed by atoms with E-state index in [1.54, 1.807) is 12.1 Å². The van der Waals surface area contributed by atoms with Gasteiger partial charge in [-0.25, -0.2) is 0 Å². The third-order valence-electron chi connectivity index (χ3n) is 5.65. The van der Waals surface area contributed by atoms with Crippen molar-refractivity contribution in [1.82, 2.24) is 0 Å². The van der Waals surface area contributed by atoms with Crippen LogP contribution in [0.3, 0.4) is 0 Å². The first-order chi connectivity index (χ1) is 13.6. The number of carbonyl (C=O) groups excluding carboxylic acids is 2. The molecule has 2 atom stereocenters. The Balaban J connectivity index is 1.94. The number of primary amides is 2. The molecule has 0 radical (unpaired) electrons. The number of amides is 2. The summed E-state index contributed by atoms with van der Waals surface area (Å²) in [5.74, 6) is -0.970. The van der Waals surface area contributed by atoms with Crippen molar-refractivity contribution in [2.75, 3.05) is 0 Å². The number of fused-ring (bicyclic) bond motifs is 1. The average molecular weight is 370 g/mol. The van der Waals surface area contributed by atoms with Crippen LogP contribution in [0, 0.1) is 0 Å². The zero-order chi connectivity index (χ0) is 19.7. The number of rotatable bonds is 4. The Morgan fingerprint density at radius 2 is 1.00 bits per heavy atom. The van der Waals surface area contributed by atoms with Crippen LogP contribution < -0.4 is 11.5 Å². The summed E-state index contributed by atoms with van der Waals surface area (Å²) in [6.07, 6.45) is 1.90. The minimum atomic E-state index is -0.634. The fraction of sp³-hybridized carbons (Fsp3) is 0.167. The van der Waals surface area contributed by atoms with Crippen LogP contribution in [0.1, 0.15) is 67.6 Å². The van der Waals surface area contributed by atoms with E-state index < -0.39 is 11.8 Å². The molecule has 0 fully saturated rings. The highest BCUT2D eigenvalue weighted by Crippen LogP contribution is 2.45. The van der Waals surface area contributed by atoms with E-state index in [-0.39, 0.29) is 23.0 Å². The van der Waals surface area contributed by atoms with Crippen LogP contribution in [-0.2, 0) is 0 Å². The van der Waals surface area contributed by atoms with Crippen molar-refractivity contribution in [3.8, 4) is 0 Å². The lowest BCUT2D eigenvalue weighted by molar-refractivity contribution is 0.0967. The maximum Gasteiger partial charge on any atom is 0.249 e. The van der Waals surface area contributed by atoms with Crippen LogP contribution >= 0.6 is 0 Å². The fourth-order valence-electron chi connectivity index (χ4n) is 4.35. The van der Waals surface area contributed by atoms with E-state index in [2.05, 4.69) is 24.3 Å². The Morgan fingerprint density at radius 3 is 1.32 bits per heavy atom. The van der Waals surface area contributed by atoms with Gasteiger partial charge in [0.2, 0.25) is 11.8 Å². The molecule has 1 aliphatic carbocycles. The van der Waals surface area contributed by atoms with Crippen molar-refractivity contribution in [2.24, 2.45) is 11.5 Å². The Hall–Kier alpha value is -3.40. The molecule has 4 N–H and O–H groups in total. The van der Waals surface area contributed by atoms with Crippen LogP contribution in [-0.4, -0.2) is 11.8 Å². The molecule has 0 saturated heterocycles. The molecular formula is C24H22N2O2. The van der Waals surface area contributed by atoms with Crippen molar-refractivity contribution in [3.63, 3.8) is 0 Å². The lowest BCUT2D eigenvalue weighted by Crippen LogP contribution is -2.24.